The maximum absolute atomic E-state index is 12.8. The molecule has 0 saturated heterocycles. The van der Waals surface area contributed by atoms with Crippen LogP contribution in [0.5, 0.6) is 5.75 Å². The average molecular weight is 548 g/mol. The van der Waals surface area contributed by atoms with Gasteiger partial charge < -0.3 is 18.7 Å². The summed E-state index contributed by atoms with van der Waals surface area (Å²) < 4.78 is 22.3. The number of carbonyl (C=O) groups excluding carboxylic acids is 2. The monoisotopic (exact) mass is 547 g/mol. The number of nitrogens with zero attached hydrogens (tertiary/aromatic N) is 1. The van der Waals surface area contributed by atoms with E-state index in [1.54, 1.807) is 26.8 Å². The predicted octanol–water partition coefficient (Wildman–Crippen LogP) is 6.83. The number of aromatic nitrogens is 1. The van der Waals surface area contributed by atoms with E-state index >= 15 is 0 Å². The maximum Gasteiger partial charge on any atom is 0.311 e. The first kappa shape index (κ1) is 27.9. The van der Waals surface area contributed by atoms with Crippen molar-refractivity contribution in [3.05, 3.63) is 106 Å². The smallest absolute Gasteiger partial charge is 0.311 e. The largest absolute Gasteiger partial charge is 0.489 e. The molecule has 7 nitrogen and oxygen atoms in total. The van der Waals surface area contributed by atoms with Gasteiger partial charge in [0.05, 0.1) is 25.1 Å². The minimum atomic E-state index is -0.489. The summed E-state index contributed by atoms with van der Waals surface area (Å²) in [5, 5.41) is 4.62. The molecule has 0 spiro atoms. The second kappa shape index (κ2) is 13.1. The standard InChI is InChI=1S/C31H30ClNO6/c1-4-36-29(34)17-24-9-5-8-12-28(24)37-19-22-13-15-23(16-14-22)31-26(20(2)33-39-31)18-30(35)38-21(3)25-10-6-7-11-27(25)32/h5-16,21H,4,17-19H2,1-3H3. The van der Waals surface area contributed by atoms with Crippen LogP contribution in [0.2, 0.25) is 5.02 Å². The van der Waals surface area contributed by atoms with E-state index in [0.717, 1.165) is 22.3 Å². The van der Waals surface area contributed by atoms with Crippen LogP contribution < -0.4 is 4.74 Å². The zero-order chi connectivity index (χ0) is 27.8. The first-order valence-corrected chi connectivity index (χ1v) is 13.1. The van der Waals surface area contributed by atoms with Crippen LogP contribution in [0.4, 0.5) is 0 Å². The van der Waals surface area contributed by atoms with Gasteiger partial charge in [-0.3, -0.25) is 9.59 Å². The summed E-state index contributed by atoms with van der Waals surface area (Å²) in [6, 6.07) is 22.3. The minimum Gasteiger partial charge on any atom is -0.489 e. The van der Waals surface area contributed by atoms with Gasteiger partial charge in [0.2, 0.25) is 0 Å². The Bertz CT molecular complexity index is 1430. The van der Waals surface area contributed by atoms with Crippen LogP contribution in [0.1, 0.15) is 47.9 Å². The Hall–Kier alpha value is -4.10. The first-order valence-electron chi connectivity index (χ1n) is 12.7. The molecule has 3 aromatic carbocycles. The van der Waals surface area contributed by atoms with Crippen molar-refractivity contribution in [2.24, 2.45) is 0 Å². The van der Waals surface area contributed by atoms with E-state index in [4.69, 9.17) is 30.3 Å². The molecule has 0 aliphatic rings. The lowest BCUT2D eigenvalue weighted by atomic mass is 10.0. The number of ether oxygens (including phenoxy) is 3. The second-order valence-electron chi connectivity index (χ2n) is 8.98. The molecule has 0 aliphatic carbocycles. The second-order valence-corrected chi connectivity index (χ2v) is 9.39. The third kappa shape index (κ3) is 7.27. The van der Waals surface area contributed by atoms with Crippen molar-refractivity contribution in [1.82, 2.24) is 5.16 Å². The normalized spacial score (nSPS) is 11.6. The SMILES string of the molecule is CCOC(=O)Cc1ccccc1OCc1ccc(-c2onc(C)c2CC(=O)OC(C)c2ccccc2Cl)cc1. The summed E-state index contributed by atoms with van der Waals surface area (Å²) in [6.45, 7) is 6.01. The number of hydrogen-bond donors (Lipinski definition) is 0. The molecule has 0 N–H and O–H groups in total. The molecule has 8 heteroatoms. The van der Waals surface area contributed by atoms with Crippen molar-refractivity contribution >= 4 is 23.5 Å². The van der Waals surface area contributed by atoms with Gasteiger partial charge in [0.25, 0.3) is 0 Å². The van der Waals surface area contributed by atoms with E-state index in [9.17, 15) is 9.59 Å². The molecule has 39 heavy (non-hydrogen) atoms. The van der Waals surface area contributed by atoms with Gasteiger partial charge in [0, 0.05) is 27.3 Å². The zero-order valence-corrected chi connectivity index (χ0v) is 22.9. The lowest BCUT2D eigenvalue weighted by Gasteiger charge is -2.15. The molecule has 0 radical (unpaired) electrons. The van der Waals surface area contributed by atoms with Gasteiger partial charge in [-0.15, -0.1) is 0 Å². The summed E-state index contributed by atoms with van der Waals surface area (Å²) in [5.74, 6) is 0.453. The number of benzene rings is 3. The van der Waals surface area contributed by atoms with Crippen LogP contribution in [0.15, 0.2) is 77.3 Å². The van der Waals surface area contributed by atoms with E-state index in [-0.39, 0.29) is 18.8 Å². The number of hydrogen-bond acceptors (Lipinski definition) is 7. The molecule has 1 aromatic heterocycles. The molecular weight excluding hydrogens is 518 g/mol. The number of rotatable bonds is 11. The van der Waals surface area contributed by atoms with E-state index in [2.05, 4.69) is 5.16 Å². The van der Waals surface area contributed by atoms with E-state index in [1.807, 2.05) is 66.7 Å². The van der Waals surface area contributed by atoms with Crippen LogP contribution in [0.3, 0.4) is 0 Å². The molecule has 4 aromatic rings. The topological polar surface area (TPSA) is 87.9 Å². The van der Waals surface area contributed by atoms with Crippen LogP contribution in [0.25, 0.3) is 11.3 Å². The van der Waals surface area contributed by atoms with E-state index in [1.165, 1.54) is 0 Å². The fraction of sp³-hybridized carbons (Fsp3) is 0.258. The highest BCUT2D eigenvalue weighted by molar-refractivity contribution is 6.31. The highest BCUT2D eigenvalue weighted by Crippen LogP contribution is 2.30. The predicted molar refractivity (Wildman–Crippen MR) is 147 cm³/mol. The summed E-state index contributed by atoms with van der Waals surface area (Å²) in [4.78, 5) is 24.7. The third-order valence-electron chi connectivity index (χ3n) is 6.18. The Morgan fingerprint density at radius 1 is 0.949 bits per heavy atom. The number of para-hydroxylation sites is 1. The summed E-state index contributed by atoms with van der Waals surface area (Å²) >= 11 is 6.24. The Balaban J connectivity index is 1.41. The van der Waals surface area contributed by atoms with Gasteiger partial charge in [0.1, 0.15) is 18.5 Å². The summed E-state index contributed by atoms with van der Waals surface area (Å²) in [7, 11) is 0. The van der Waals surface area contributed by atoms with Crippen molar-refractivity contribution in [2.75, 3.05) is 6.61 Å². The van der Waals surface area contributed by atoms with Crippen molar-refractivity contribution in [3.8, 4) is 17.1 Å². The highest BCUT2D eigenvalue weighted by Gasteiger charge is 2.21. The molecule has 0 aliphatic heterocycles. The summed E-state index contributed by atoms with van der Waals surface area (Å²) in [6.07, 6.45) is -0.325. The molecule has 0 fully saturated rings. The average Bonchev–Trinajstić information content (AvgIpc) is 3.28. The van der Waals surface area contributed by atoms with Gasteiger partial charge in [-0.05, 0) is 38.5 Å². The molecule has 0 saturated carbocycles. The number of halogens is 1. The number of esters is 2. The molecule has 202 valence electrons. The molecular formula is C31H30ClNO6. The molecule has 1 unspecified atom stereocenters. The van der Waals surface area contributed by atoms with Crippen molar-refractivity contribution < 1.29 is 28.3 Å². The Morgan fingerprint density at radius 2 is 1.67 bits per heavy atom. The van der Waals surface area contributed by atoms with Crippen LogP contribution in [-0.4, -0.2) is 23.7 Å². The van der Waals surface area contributed by atoms with Gasteiger partial charge >= 0.3 is 11.9 Å². The highest BCUT2D eigenvalue weighted by atomic mass is 35.5. The fourth-order valence-electron chi connectivity index (χ4n) is 4.15. The third-order valence-corrected chi connectivity index (χ3v) is 6.52. The molecule has 1 atom stereocenters. The van der Waals surface area contributed by atoms with Crippen molar-refractivity contribution in [2.45, 2.75) is 46.3 Å². The molecule has 1 heterocycles. The quantitative estimate of drug-likeness (QED) is 0.190. The molecule has 4 rings (SSSR count). The van der Waals surface area contributed by atoms with Crippen LogP contribution in [-0.2, 0) is 38.5 Å². The van der Waals surface area contributed by atoms with Crippen LogP contribution >= 0.6 is 11.6 Å². The van der Waals surface area contributed by atoms with Crippen molar-refractivity contribution in [3.63, 3.8) is 0 Å². The number of carbonyl (C=O) groups is 2. The fourth-order valence-corrected chi connectivity index (χ4v) is 4.44. The van der Waals surface area contributed by atoms with E-state index < -0.39 is 12.1 Å². The zero-order valence-electron chi connectivity index (χ0n) is 22.1. The Labute approximate surface area is 232 Å². The Morgan fingerprint density at radius 3 is 2.41 bits per heavy atom. The van der Waals surface area contributed by atoms with Gasteiger partial charge in [-0.25, -0.2) is 0 Å². The van der Waals surface area contributed by atoms with Gasteiger partial charge in [-0.2, -0.15) is 0 Å². The molecule has 0 amide bonds. The summed E-state index contributed by atoms with van der Waals surface area (Å²) in [5.41, 5.74) is 4.52. The van der Waals surface area contributed by atoms with Gasteiger partial charge in [-0.1, -0.05) is 77.4 Å². The van der Waals surface area contributed by atoms with Crippen molar-refractivity contribution in [1.29, 1.82) is 0 Å². The lowest BCUT2D eigenvalue weighted by molar-refractivity contribution is -0.147. The Kier molecular flexibility index (Phi) is 9.39. The van der Waals surface area contributed by atoms with Crippen LogP contribution in [0, 0.1) is 6.92 Å². The first-order chi connectivity index (χ1) is 18.9. The molecule has 0 bridgehead atoms. The minimum absolute atomic E-state index is 0.0154. The van der Waals surface area contributed by atoms with Gasteiger partial charge in [0.15, 0.2) is 5.76 Å². The number of aryl methyl sites for hydroxylation is 1. The lowest BCUT2D eigenvalue weighted by Crippen LogP contribution is -2.12. The maximum atomic E-state index is 12.8. The van der Waals surface area contributed by atoms with E-state index in [0.29, 0.717) is 41.0 Å².